The van der Waals surface area contributed by atoms with Gasteiger partial charge in [0.2, 0.25) is 0 Å². The highest BCUT2D eigenvalue weighted by Crippen LogP contribution is 2.76. The van der Waals surface area contributed by atoms with E-state index >= 15 is 0 Å². The topological polar surface area (TPSA) is 125 Å². The van der Waals surface area contributed by atoms with Gasteiger partial charge in [-0.15, -0.1) is 4.37 Å². The number of aliphatic carboxylic acids is 1. The van der Waals surface area contributed by atoms with Crippen molar-refractivity contribution < 1.29 is 18.8 Å². The van der Waals surface area contributed by atoms with E-state index in [1.165, 1.54) is 68.1 Å². The Labute approximate surface area is 346 Å². The van der Waals surface area contributed by atoms with Gasteiger partial charge in [-0.2, -0.15) is 0 Å². The van der Waals surface area contributed by atoms with Crippen LogP contribution in [0, 0.1) is 56.7 Å². The molecule has 1 saturated heterocycles. The fraction of sp³-hybridized carbons (Fsp3) is 0.783. The van der Waals surface area contributed by atoms with Gasteiger partial charge in [-0.1, -0.05) is 58.9 Å². The molecule has 0 radical (unpaired) electrons. The summed E-state index contributed by atoms with van der Waals surface area (Å²) in [6, 6.07) is 0.101. The van der Waals surface area contributed by atoms with Crippen LogP contribution >= 0.6 is 11.5 Å². The Morgan fingerprint density at radius 3 is 2.42 bits per heavy atom. The number of H-pyrrole nitrogens is 1. The number of nitrogens with one attached hydrogen (secondary N) is 2. The lowest BCUT2D eigenvalue weighted by Crippen LogP contribution is -2.68. The molecule has 5 fully saturated rings. The minimum atomic E-state index is -1.88. The third-order valence-electron chi connectivity index (χ3n) is 18.4. The van der Waals surface area contributed by atoms with Crippen LogP contribution in [-0.2, 0) is 14.3 Å². The van der Waals surface area contributed by atoms with E-state index in [0.29, 0.717) is 48.9 Å². The second-order valence-corrected chi connectivity index (χ2v) is 24.7. The molecule has 0 aromatic carbocycles. The average molecular weight is 823 g/mol. The number of ether oxygens (including phenoxy) is 1. The second kappa shape index (κ2) is 14.5. The van der Waals surface area contributed by atoms with Gasteiger partial charge in [0.25, 0.3) is 0 Å². The van der Waals surface area contributed by atoms with Crippen molar-refractivity contribution in [1.82, 2.24) is 19.6 Å². The van der Waals surface area contributed by atoms with Crippen LogP contribution in [0.25, 0.3) is 0 Å². The normalized spacial score (nSPS) is 42.4. The molecule has 11 heteroatoms. The van der Waals surface area contributed by atoms with Crippen molar-refractivity contribution in [3.05, 3.63) is 45.1 Å². The summed E-state index contributed by atoms with van der Waals surface area (Å²) in [7, 11) is -1.88. The SMILES string of the molecule is C=C(C)[C@@H]1CC[C@]2(NCCN3CCS(=C)(=O)CC3)CC[C@]3(C)[C@H](CC[C@@H]4[C@@]5(C)CC=C(C6=CCC(COc7nsc(=O)[nH]7)(C(=O)O)CC6)C(C)(C)[C@@H]5CC[C@]43C)[C@@H]12. The van der Waals surface area contributed by atoms with Crippen molar-refractivity contribution in [2.45, 2.75) is 124 Å². The number of aromatic amines is 1. The fourth-order valence-electron chi connectivity index (χ4n) is 15.1. The van der Waals surface area contributed by atoms with Crippen molar-refractivity contribution in [3.63, 3.8) is 0 Å². The summed E-state index contributed by atoms with van der Waals surface area (Å²) in [6.07, 6.45) is 17.6. The molecule has 8 rings (SSSR count). The lowest BCUT2D eigenvalue weighted by atomic mass is 9.33. The molecule has 9 nitrogen and oxygen atoms in total. The smallest absolute Gasteiger partial charge is 0.326 e. The van der Waals surface area contributed by atoms with Crippen molar-refractivity contribution in [2.75, 3.05) is 44.3 Å². The number of carbonyl (C=O) groups is 1. The fourth-order valence-corrected chi connectivity index (χ4v) is 16.9. The third kappa shape index (κ3) is 6.70. The highest BCUT2D eigenvalue weighted by atomic mass is 32.2. The summed E-state index contributed by atoms with van der Waals surface area (Å²) in [5.41, 5.74) is 3.99. The van der Waals surface area contributed by atoms with Crippen LogP contribution in [0.3, 0.4) is 0 Å². The van der Waals surface area contributed by atoms with E-state index in [9.17, 15) is 18.9 Å². The second-order valence-electron chi connectivity index (χ2n) is 21.2. The van der Waals surface area contributed by atoms with Crippen molar-refractivity contribution in [2.24, 2.45) is 56.7 Å². The van der Waals surface area contributed by atoms with E-state index in [1.54, 1.807) is 0 Å². The van der Waals surface area contributed by atoms with Crippen LogP contribution in [0.2, 0.25) is 0 Å². The summed E-state index contributed by atoms with van der Waals surface area (Å²) in [4.78, 5) is 29.0. The van der Waals surface area contributed by atoms with Crippen molar-refractivity contribution in [1.29, 1.82) is 0 Å². The molecule has 4 saturated carbocycles. The summed E-state index contributed by atoms with van der Waals surface area (Å²) < 4.78 is 22.2. The predicted octanol–water partition coefficient (Wildman–Crippen LogP) is 7.96. The Kier molecular flexibility index (Phi) is 10.5. The average Bonchev–Trinajstić information content (AvgIpc) is 3.75. The summed E-state index contributed by atoms with van der Waals surface area (Å²) >= 11 is 0.781. The largest absolute Gasteiger partial charge is 0.481 e. The van der Waals surface area contributed by atoms with Gasteiger partial charge in [0.05, 0.1) is 0 Å². The number of allylic oxidation sites excluding steroid dienone is 5. The van der Waals surface area contributed by atoms with Gasteiger partial charge in [0.1, 0.15) is 12.0 Å². The molecule has 1 aliphatic heterocycles. The Bertz CT molecular complexity index is 1990. The first kappa shape index (κ1) is 41.5. The van der Waals surface area contributed by atoms with Crippen LogP contribution in [0.15, 0.2) is 40.2 Å². The molecule has 6 aliphatic carbocycles. The van der Waals surface area contributed by atoms with E-state index in [0.717, 1.165) is 55.6 Å². The lowest BCUT2D eigenvalue weighted by Gasteiger charge is -2.72. The Hall–Kier alpha value is -2.21. The molecule has 10 atom stereocenters. The minimum absolute atomic E-state index is 0.0133. The quantitative estimate of drug-likeness (QED) is 0.161. The number of hydrogen-bond acceptors (Lipinski definition) is 8. The molecule has 0 amide bonds. The monoisotopic (exact) mass is 822 g/mol. The van der Waals surface area contributed by atoms with Gasteiger partial charge in [0, 0.05) is 54.8 Å². The third-order valence-corrected chi connectivity index (χ3v) is 20.8. The number of nitrogens with zero attached hydrogens (tertiary/aromatic N) is 2. The van der Waals surface area contributed by atoms with Crippen molar-refractivity contribution in [3.8, 4) is 6.01 Å². The maximum absolute atomic E-state index is 12.7. The first-order valence-corrected chi connectivity index (χ1v) is 24.9. The van der Waals surface area contributed by atoms with Gasteiger partial charge in [0.15, 0.2) is 0 Å². The maximum atomic E-state index is 12.7. The summed E-state index contributed by atoms with van der Waals surface area (Å²) in [6.45, 7) is 23.8. The number of carboxylic acid groups (broad SMARTS) is 1. The Morgan fingerprint density at radius 1 is 1.02 bits per heavy atom. The number of carboxylic acids is 1. The maximum Gasteiger partial charge on any atom is 0.326 e. The molecular weight excluding hydrogens is 753 g/mol. The molecule has 0 bridgehead atoms. The predicted molar refractivity (Wildman–Crippen MR) is 232 cm³/mol. The van der Waals surface area contributed by atoms with Gasteiger partial charge in [-0.3, -0.25) is 18.8 Å². The number of aromatic nitrogens is 2. The Morgan fingerprint density at radius 2 is 1.77 bits per heavy atom. The molecule has 7 aliphatic rings. The summed E-state index contributed by atoms with van der Waals surface area (Å²) in [5.74, 6) is 7.68. The molecule has 2 heterocycles. The lowest BCUT2D eigenvalue weighted by molar-refractivity contribution is -0.221. The van der Waals surface area contributed by atoms with Gasteiger partial charge in [-0.05, 0) is 162 Å². The van der Waals surface area contributed by atoms with Crippen LogP contribution in [0.1, 0.15) is 119 Å². The molecular formula is C46H70N4O5S2. The first-order chi connectivity index (χ1) is 26.8. The van der Waals surface area contributed by atoms with Gasteiger partial charge >= 0.3 is 16.9 Å². The van der Waals surface area contributed by atoms with Gasteiger partial charge < -0.3 is 20.1 Å². The van der Waals surface area contributed by atoms with E-state index in [4.69, 9.17) is 4.74 Å². The molecule has 0 spiro atoms. The zero-order valence-corrected chi connectivity index (χ0v) is 37.3. The van der Waals surface area contributed by atoms with E-state index in [2.05, 4.69) is 85.7 Å². The molecule has 316 valence electrons. The summed E-state index contributed by atoms with van der Waals surface area (Å²) in [5, 5.41) is 14.6. The highest BCUT2D eigenvalue weighted by molar-refractivity contribution is 8.00. The van der Waals surface area contributed by atoms with Crippen LogP contribution in [0.4, 0.5) is 0 Å². The zero-order valence-electron chi connectivity index (χ0n) is 35.7. The molecule has 1 aromatic heterocycles. The molecule has 57 heavy (non-hydrogen) atoms. The van der Waals surface area contributed by atoms with E-state index in [1.807, 2.05) is 0 Å². The molecule has 1 aromatic rings. The highest BCUT2D eigenvalue weighted by Gasteiger charge is 2.70. The van der Waals surface area contributed by atoms with Crippen molar-refractivity contribution >= 4 is 32.9 Å². The molecule has 1 unspecified atom stereocenters. The first-order valence-electron chi connectivity index (χ1n) is 22.1. The Balaban J connectivity index is 1.01. The van der Waals surface area contributed by atoms with E-state index < -0.39 is 20.9 Å². The minimum Gasteiger partial charge on any atom is -0.481 e. The van der Waals surface area contributed by atoms with Crippen LogP contribution < -0.4 is 14.9 Å². The number of hydrogen-bond donors (Lipinski definition) is 3. The van der Waals surface area contributed by atoms with Gasteiger partial charge in [-0.25, -0.2) is 0 Å². The standard InChI is InChI=1S/C46H70N4O5S2/c1-30(2)32-13-20-46(47-23-24-50-25-27-57(8,54)28-26-50)22-21-43(6)34(37(32)46)9-10-36-42(5)16-14-33(41(3,4)35(42)15-17-44(36,43)7)31-11-18-45(19-12-31,38(51)52)29-55-39-48-40(53)56-49-39/h11,14,32,34-37,47H,1,8-10,12-13,15-29H2,2-7H3,(H,51,52)(H,48,49,53)/t32-,34+,35-,36+,37+,42-,43+,44+,45?,46-/m0/s1. The zero-order chi connectivity index (χ0) is 40.8. The number of rotatable bonds is 10. The number of fused-ring (bicyclic) bond motifs is 7. The van der Waals surface area contributed by atoms with E-state index in [-0.39, 0.29) is 44.7 Å². The van der Waals surface area contributed by atoms with Crippen LogP contribution in [0.5, 0.6) is 6.01 Å². The van der Waals surface area contributed by atoms with Crippen LogP contribution in [-0.4, -0.2) is 85.2 Å². The molecule has 3 N–H and O–H groups in total.